The summed E-state index contributed by atoms with van der Waals surface area (Å²) < 4.78 is 7.78. The molecule has 134 valence electrons. The van der Waals surface area contributed by atoms with Crippen LogP contribution in [0.25, 0.3) is 11.2 Å². The lowest BCUT2D eigenvalue weighted by Crippen LogP contribution is -2.41. The molecule has 2 fully saturated rings. The predicted octanol–water partition coefficient (Wildman–Crippen LogP) is 1.88. The molecule has 1 amide bonds. The van der Waals surface area contributed by atoms with Crippen molar-refractivity contribution in [3.8, 4) is 0 Å². The Labute approximate surface area is 150 Å². The van der Waals surface area contributed by atoms with E-state index in [1.165, 1.54) is 0 Å². The van der Waals surface area contributed by atoms with E-state index in [1.807, 2.05) is 9.47 Å². The van der Waals surface area contributed by atoms with Gasteiger partial charge in [0.1, 0.15) is 6.23 Å². The number of aromatic nitrogens is 4. The minimum atomic E-state index is -0.276. The van der Waals surface area contributed by atoms with Crippen LogP contribution in [-0.2, 0) is 9.53 Å². The van der Waals surface area contributed by atoms with Gasteiger partial charge in [0, 0.05) is 19.7 Å². The van der Waals surface area contributed by atoms with E-state index in [1.54, 1.807) is 6.33 Å². The summed E-state index contributed by atoms with van der Waals surface area (Å²) in [5.74, 6) is 0.207. The summed E-state index contributed by atoms with van der Waals surface area (Å²) in [6, 6.07) is 0. The maximum atomic E-state index is 11.6. The summed E-state index contributed by atoms with van der Waals surface area (Å²) in [4.78, 5) is 26.9. The minimum Gasteiger partial charge on any atom is -0.369 e. The fourth-order valence-electron chi connectivity index (χ4n) is 3.65. The quantitative estimate of drug-likeness (QED) is 0.835. The zero-order valence-electron chi connectivity index (χ0n) is 13.9. The summed E-state index contributed by atoms with van der Waals surface area (Å²) in [7, 11) is 0. The van der Waals surface area contributed by atoms with Crippen LogP contribution in [0, 0.1) is 5.92 Å². The summed E-state index contributed by atoms with van der Waals surface area (Å²) >= 11 is 6.19. The van der Waals surface area contributed by atoms with Crippen molar-refractivity contribution in [2.45, 2.75) is 38.3 Å². The molecule has 0 bridgehead atoms. The number of nitrogens with two attached hydrogens (primary N) is 1. The zero-order valence-corrected chi connectivity index (χ0v) is 14.7. The van der Waals surface area contributed by atoms with Crippen molar-refractivity contribution in [2.75, 3.05) is 24.6 Å². The van der Waals surface area contributed by atoms with Gasteiger partial charge in [0.15, 0.2) is 17.0 Å². The average molecular weight is 365 g/mol. The van der Waals surface area contributed by atoms with Crippen LogP contribution in [0.5, 0.6) is 0 Å². The number of nitrogens with zero attached hydrogens (tertiary/aromatic N) is 5. The summed E-state index contributed by atoms with van der Waals surface area (Å²) in [6.07, 6.45) is 6.47. The van der Waals surface area contributed by atoms with Crippen LogP contribution in [0.2, 0.25) is 5.28 Å². The molecule has 25 heavy (non-hydrogen) atoms. The molecular weight excluding hydrogens is 344 g/mol. The largest absolute Gasteiger partial charge is 0.369 e. The number of piperidine rings is 1. The van der Waals surface area contributed by atoms with Gasteiger partial charge in [-0.05, 0) is 43.7 Å². The Morgan fingerprint density at radius 2 is 2.16 bits per heavy atom. The number of hydrogen-bond acceptors (Lipinski definition) is 6. The van der Waals surface area contributed by atoms with E-state index in [4.69, 9.17) is 22.1 Å². The SMILES string of the molecule is NC(=O)C1CCCN(c2nc(Cl)nc3c2ncn3C2CCCCO2)C1. The molecule has 4 heterocycles. The molecule has 9 heteroatoms. The van der Waals surface area contributed by atoms with Crippen molar-refractivity contribution in [2.24, 2.45) is 11.7 Å². The van der Waals surface area contributed by atoms with Crippen molar-refractivity contribution in [1.29, 1.82) is 0 Å². The molecule has 4 rings (SSSR count). The number of fused-ring (bicyclic) bond motifs is 1. The van der Waals surface area contributed by atoms with E-state index < -0.39 is 0 Å². The molecule has 8 nitrogen and oxygen atoms in total. The second-order valence-electron chi connectivity index (χ2n) is 6.65. The zero-order chi connectivity index (χ0) is 17.4. The normalized spacial score (nSPS) is 24.6. The van der Waals surface area contributed by atoms with Crippen LogP contribution in [0.4, 0.5) is 5.82 Å². The van der Waals surface area contributed by atoms with Gasteiger partial charge in [-0.1, -0.05) is 0 Å². The van der Waals surface area contributed by atoms with Gasteiger partial charge < -0.3 is 15.4 Å². The average Bonchev–Trinajstić information content (AvgIpc) is 3.05. The Hall–Kier alpha value is -1.93. The third-order valence-corrected chi connectivity index (χ3v) is 5.13. The molecule has 2 N–H and O–H groups in total. The Bertz CT molecular complexity index is 788. The third kappa shape index (κ3) is 3.16. The fraction of sp³-hybridized carbons (Fsp3) is 0.625. The van der Waals surface area contributed by atoms with E-state index in [9.17, 15) is 4.79 Å². The van der Waals surface area contributed by atoms with Crippen molar-refractivity contribution in [1.82, 2.24) is 19.5 Å². The van der Waals surface area contributed by atoms with Gasteiger partial charge in [-0.3, -0.25) is 9.36 Å². The minimum absolute atomic E-state index is 0.0720. The van der Waals surface area contributed by atoms with Gasteiger partial charge in [-0.2, -0.15) is 9.97 Å². The number of imidazole rings is 1. The molecule has 2 saturated heterocycles. The Morgan fingerprint density at radius 3 is 2.92 bits per heavy atom. The molecule has 2 aliphatic rings. The molecule has 2 unspecified atom stereocenters. The number of ether oxygens (including phenoxy) is 1. The first-order valence-corrected chi connectivity index (χ1v) is 9.07. The van der Waals surface area contributed by atoms with E-state index in [-0.39, 0.29) is 23.3 Å². The van der Waals surface area contributed by atoms with Gasteiger partial charge in [-0.25, -0.2) is 4.98 Å². The highest BCUT2D eigenvalue weighted by atomic mass is 35.5. The van der Waals surface area contributed by atoms with Gasteiger partial charge in [0.05, 0.1) is 12.2 Å². The second kappa shape index (κ2) is 6.76. The maximum Gasteiger partial charge on any atom is 0.226 e. The van der Waals surface area contributed by atoms with Crippen molar-refractivity contribution in [3.05, 3.63) is 11.6 Å². The first-order chi connectivity index (χ1) is 12.1. The number of amides is 1. The lowest BCUT2D eigenvalue weighted by Gasteiger charge is -2.32. The molecular formula is C16H21ClN6O2. The van der Waals surface area contributed by atoms with E-state index in [0.717, 1.165) is 45.3 Å². The number of anilines is 1. The van der Waals surface area contributed by atoms with E-state index in [0.29, 0.717) is 23.5 Å². The highest BCUT2D eigenvalue weighted by Gasteiger charge is 2.28. The van der Waals surface area contributed by atoms with Crippen LogP contribution in [0.1, 0.15) is 38.3 Å². The topological polar surface area (TPSA) is 99.2 Å². The first kappa shape index (κ1) is 16.5. The van der Waals surface area contributed by atoms with Crippen LogP contribution >= 0.6 is 11.6 Å². The van der Waals surface area contributed by atoms with Gasteiger partial charge in [-0.15, -0.1) is 0 Å². The number of halogens is 1. The van der Waals surface area contributed by atoms with E-state index in [2.05, 4.69) is 15.0 Å². The molecule has 0 spiro atoms. The maximum absolute atomic E-state index is 11.6. The van der Waals surface area contributed by atoms with E-state index >= 15 is 0 Å². The molecule has 0 aromatic carbocycles. The Balaban J connectivity index is 1.72. The molecule has 2 atom stereocenters. The molecule has 2 aliphatic heterocycles. The number of carbonyl (C=O) groups is 1. The van der Waals surface area contributed by atoms with Crippen LogP contribution in [-0.4, -0.2) is 45.1 Å². The molecule has 2 aromatic rings. The monoisotopic (exact) mass is 364 g/mol. The lowest BCUT2D eigenvalue weighted by molar-refractivity contribution is -0.122. The van der Waals surface area contributed by atoms with Gasteiger partial charge in [0.25, 0.3) is 0 Å². The first-order valence-electron chi connectivity index (χ1n) is 8.69. The number of carbonyl (C=O) groups excluding carboxylic acids is 1. The summed E-state index contributed by atoms with van der Waals surface area (Å²) in [5.41, 5.74) is 6.84. The lowest BCUT2D eigenvalue weighted by atomic mass is 9.97. The smallest absolute Gasteiger partial charge is 0.226 e. The number of hydrogen-bond donors (Lipinski definition) is 1. The molecule has 0 saturated carbocycles. The van der Waals surface area contributed by atoms with Crippen molar-refractivity contribution < 1.29 is 9.53 Å². The van der Waals surface area contributed by atoms with Crippen LogP contribution in [0.15, 0.2) is 6.33 Å². The molecule has 2 aromatic heterocycles. The van der Waals surface area contributed by atoms with Crippen LogP contribution < -0.4 is 10.6 Å². The number of primary amides is 1. The third-order valence-electron chi connectivity index (χ3n) is 4.96. The predicted molar refractivity (Wildman–Crippen MR) is 93.3 cm³/mol. The van der Waals surface area contributed by atoms with Gasteiger partial charge in [0.2, 0.25) is 11.2 Å². The fourth-order valence-corrected chi connectivity index (χ4v) is 3.81. The Morgan fingerprint density at radius 1 is 1.28 bits per heavy atom. The second-order valence-corrected chi connectivity index (χ2v) is 6.99. The number of rotatable bonds is 3. The van der Waals surface area contributed by atoms with Crippen molar-refractivity contribution >= 4 is 34.5 Å². The van der Waals surface area contributed by atoms with Crippen molar-refractivity contribution in [3.63, 3.8) is 0 Å². The van der Waals surface area contributed by atoms with Crippen LogP contribution in [0.3, 0.4) is 0 Å². The molecule has 0 aliphatic carbocycles. The summed E-state index contributed by atoms with van der Waals surface area (Å²) in [6.45, 7) is 2.06. The highest BCUT2D eigenvalue weighted by Crippen LogP contribution is 2.31. The summed E-state index contributed by atoms with van der Waals surface area (Å²) in [5, 5.41) is 0.168. The Kier molecular flexibility index (Phi) is 4.47. The van der Waals surface area contributed by atoms with Gasteiger partial charge >= 0.3 is 0 Å². The highest BCUT2D eigenvalue weighted by molar-refractivity contribution is 6.28. The molecule has 0 radical (unpaired) electrons. The standard InChI is InChI=1S/C16H21ClN6O2/c17-16-20-14(22-6-3-4-10(8-22)13(18)24)12-15(21-16)23(9-19-12)11-5-1-2-7-25-11/h9-11H,1-8H2,(H2,18,24).